The minimum absolute atomic E-state index is 0.113. The van der Waals surface area contributed by atoms with Gasteiger partial charge in [-0.2, -0.15) is 8.78 Å². The van der Waals surface area contributed by atoms with Crippen molar-refractivity contribution in [2.75, 3.05) is 0 Å². The maximum absolute atomic E-state index is 11.9. The zero-order valence-electron chi connectivity index (χ0n) is 7.13. The molecule has 1 rings (SSSR count). The molecule has 0 bridgehead atoms. The fraction of sp³-hybridized carbons (Fsp3) is 0.333. The van der Waals surface area contributed by atoms with Crippen molar-refractivity contribution in [3.63, 3.8) is 0 Å². The molecule has 1 N–H and O–H groups in total. The number of aryl methyl sites for hydroxylation is 1. The van der Waals surface area contributed by atoms with Crippen LogP contribution in [-0.2, 0) is 6.61 Å². The molecule has 2 nitrogen and oxygen atoms in total. The molecule has 0 unspecified atom stereocenters. The summed E-state index contributed by atoms with van der Waals surface area (Å²) < 4.78 is 27.9. The van der Waals surface area contributed by atoms with Crippen molar-refractivity contribution in [2.24, 2.45) is 0 Å². The van der Waals surface area contributed by atoms with Crippen LogP contribution in [0.3, 0.4) is 0 Å². The molecule has 0 atom stereocenters. The molecule has 0 aromatic heterocycles. The van der Waals surface area contributed by atoms with E-state index in [2.05, 4.69) is 4.74 Å². The zero-order chi connectivity index (χ0) is 9.84. The number of aliphatic hydroxyl groups excluding tert-OH is 1. The Morgan fingerprint density at radius 3 is 2.69 bits per heavy atom. The number of rotatable bonds is 3. The topological polar surface area (TPSA) is 29.5 Å². The standard InChI is InChI=1S/C9H10F2O2/c1-6-2-3-7(5-12)4-8(6)13-9(10)11/h2-4,9,12H,5H2,1H3. The number of aliphatic hydroxyl groups is 1. The Bertz CT molecular complexity index is 287. The molecule has 0 saturated carbocycles. The van der Waals surface area contributed by atoms with Gasteiger partial charge in [-0.1, -0.05) is 12.1 Å². The Morgan fingerprint density at radius 1 is 1.46 bits per heavy atom. The summed E-state index contributed by atoms with van der Waals surface area (Å²) in [5.74, 6) is 0.113. The van der Waals surface area contributed by atoms with E-state index in [1.807, 2.05) is 0 Å². The van der Waals surface area contributed by atoms with Crippen LogP contribution in [0.25, 0.3) is 0 Å². The Balaban J connectivity index is 2.90. The molecule has 0 amide bonds. The molecule has 1 aromatic rings. The zero-order valence-corrected chi connectivity index (χ0v) is 7.13. The Morgan fingerprint density at radius 2 is 2.15 bits per heavy atom. The van der Waals surface area contributed by atoms with E-state index in [-0.39, 0.29) is 12.4 Å². The average molecular weight is 188 g/mol. The largest absolute Gasteiger partial charge is 0.435 e. The minimum atomic E-state index is -2.83. The highest BCUT2D eigenvalue weighted by molar-refractivity contribution is 5.36. The number of benzene rings is 1. The third kappa shape index (κ3) is 2.66. The fourth-order valence-corrected chi connectivity index (χ4v) is 0.966. The lowest BCUT2D eigenvalue weighted by molar-refractivity contribution is -0.0503. The summed E-state index contributed by atoms with van der Waals surface area (Å²) in [6.07, 6.45) is 0. The molecule has 4 heteroatoms. The van der Waals surface area contributed by atoms with Crippen molar-refractivity contribution in [3.8, 4) is 5.75 Å². The van der Waals surface area contributed by atoms with Gasteiger partial charge in [0, 0.05) is 0 Å². The third-order valence-corrected chi connectivity index (χ3v) is 1.65. The minimum Gasteiger partial charge on any atom is -0.435 e. The number of hydrogen-bond donors (Lipinski definition) is 1. The van der Waals surface area contributed by atoms with Crippen molar-refractivity contribution in [1.82, 2.24) is 0 Å². The molecule has 0 radical (unpaired) electrons. The van der Waals surface area contributed by atoms with E-state index >= 15 is 0 Å². The first kappa shape index (κ1) is 9.92. The van der Waals surface area contributed by atoms with Crippen LogP contribution in [0.2, 0.25) is 0 Å². The maximum Gasteiger partial charge on any atom is 0.387 e. The summed E-state index contributed by atoms with van der Waals surface area (Å²) in [5.41, 5.74) is 1.18. The highest BCUT2D eigenvalue weighted by Gasteiger charge is 2.07. The molecular weight excluding hydrogens is 178 g/mol. The molecule has 13 heavy (non-hydrogen) atoms. The summed E-state index contributed by atoms with van der Waals surface area (Å²) in [5, 5.41) is 8.74. The molecule has 0 fully saturated rings. The first-order valence-corrected chi connectivity index (χ1v) is 3.78. The predicted molar refractivity (Wildman–Crippen MR) is 43.7 cm³/mol. The SMILES string of the molecule is Cc1ccc(CO)cc1OC(F)F. The lowest BCUT2D eigenvalue weighted by Gasteiger charge is -2.08. The normalized spacial score (nSPS) is 10.5. The van der Waals surface area contributed by atoms with Gasteiger partial charge in [0.2, 0.25) is 0 Å². The molecule has 0 heterocycles. The van der Waals surface area contributed by atoms with Gasteiger partial charge in [0.25, 0.3) is 0 Å². The van der Waals surface area contributed by atoms with Crippen LogP contribution in [0.4, 0.5) is 8.78 Å². The number of hydrogen-bond acceptors (Lipinski definition) is 2. The van der Waals surface area contributed by atoms with Crippen molar-refractivity contribution in [3.05, 3.63) is 29.3 Å². The van der Waals surface area contributed by atoms with E-state index < -0.39 is 6.61 Å². The van der Waals surface area contributed by atoms with E-state index in [4.69, 9.17) is 5.11 Å². The van der Waals surface area contributed by atoms with Gasteiger partial charge in [-0.3, -0.25) is 0 Å². The Hall–Kier alpha value is -1.16. The molecule has 0 aliphatic heterocycles. The van der Waals surface area contributed by atoms with E-state index in [1.165, 1.54) is 6.07 Å². The van der Waals surface area contributed by atoms with Gasteiger partial charge in [0.15, 0.2) is 0 Å². The predicted octanol–water partition coefficient (Wildman–Crippen LogP) is 2.09. The van der Waals surface area contributed by atoms with E-state index in [0.29, 0.717) is 11.1 Å². The first-order chi connectivity index (χ1) is 6.13. The summed E-state index contributed by atoms with van der Waals surface area (Å²) in [7, 11) is 0. The van der Waals surface area contributed by atoms with Gasteiger partial charge in [0.1, 0.15) is 5.75 Å². The van der Waals surface area contributed by atoms with Crippen LogP contribution >= 0.6 is 0 Å². The summed E-state index contributed by atoms with van der Waals surface area (Å²) in [6.45, 7) is -1.34. The van der Waals surface area contributed by atoms with E-state index in [1.54, 1.807) is 19.1 Å². The monoisotopic (exact) mass is 188 g/mol. The van der Waals surface area contributed by atoms with Crippen LogP contribution in [0, 0.1) is 6.92 Å². The molecule has 0 aliphatic rings. The molecule has 0 saturated heterocycles. The van der Waals surface area contributed by atoms with Gasteiger partial charge in [-0.25, -0.2) is 0 Å². The van der Waals surface area contributed by atoms with Crippen LogP contribution in [0.15, 0.2) is 18.2 Å². The van der Waals surface area contributed by atoms with Gasteiger partial charge in [-0.05, 0) is 24.1 Å². The highest BCUT2D eigenvalue weighted by atomic mass is 19.3. The van der Waals surface area contributed by atoms with Gasteiger partial charge in [-0.15, -0.1) is 0 Å². The lowest BCUT2D eigenvalue weighted by atomic mass is 10.1. The van der Waals surface area contributed by atoms with Crippen LogP contribution in [0.1, 0.15) is 11.1 Å². The van der Waals surface area contributed by atoms with Gasteiger partial charge < -0.3 is 9.84 Å². The number of halogens is 2. The smallest absolute Gasteiger partial charge is 0.387 e. The van der Waals surface area contributed by atoms with Gasteiger partial charge >= 0.3 is 6.61 Å². The fourth-order valence-electron chi connectivity index (χ4n) is 0.966. The maximum atomic E-state index is 11.9. The molecular formula is C9H10F2O2. The third-order valence-electron chi connectivity index (χ3n) is 1.65. The van der Waals surface area contributed by atoms with Crippen molar-refractivity contribution < 1.29 is 18.6 Å². The average Bonchev–Trinajstić information content (AvgIpc) is 2.08. The molecule has 0 spiro atoms. The summed E-state index contributed by atoms with van der Waals surface area (Å²) in [6, 6.07) is 4.69. The first-order valence-electron chi connectivity index (χ1n) is 3.78. The number of alkyl halides is 2. The quantitative estimate of drug-likeness (QED) is 0.786. The summed E-state index contributed by atoms with van der Waals surface area (Å²) >= 11 is 0. The highest BCUT2D eigenvalue weighted by Crippen LogP contribution is 2.21. The Labute approximate surface area is 74.8 Å². The second kappa shape index (κ2) is 4.18. The van der Waals surface area contributed by atoms with Crippen molar-refractivity contribution in [1.29, 1.82) is 0 Å². The van der Waals surface area contributed by atoms with Crippen LogP contribution in [0.5, 0.6) is 5.75 Å². The number of ether oxygens (including phenoxy) is 1. The van der Waals surface area contributed by atoms with E-state index in [0.717, 1.165) is 0 Å². The van der Waals surface area contributed by atoms with Crippen LogP contribution < -0.4 is 4.74 Å². The van der Waals surface area contributed by atoms with Crippen molar-refractivity contribution >= 4 is 0 Å². The van der Waals surface area contributed by atoms with E-state index in [9.17, 15) is 8.78 Å². The van der Waals surface area contributed by atoms with Gasteiger partial charge in [0.05, 0.1) is 6.61 Å². The summed E-state index contributed by atoms with van der Waals surface area (Å²) in [4.78, 5) is 0. The molecule has 72 valence electrons. The molecule has 0 aliphatic carbocycles. The van der Waals surface area contributed by atoms with Crippen molar-refractivity contribution in [2.45, 2.75) is 20.1 Å². The second-order valence-electron chi connectivity index (χ2n) is 2.64. The second-order valence-corrected chi connectivity index (χ2v) is 2.64. The Kier molecular flexibility index (Phi) is 3.19. The molecule has 1 aromatic carbocycles. The lowest BCUT2D eigenvalue weighted by Crippen LogP contribution is -2.03. The van der Waals surface area contributed by atoms with Crippen LogP contribution in [-0.4, -0.2) is 11.7 Å².